The fourth-order valence-electron chi connectivity index (χ4n) is 2.65. The standard InChI is InChI=1S/C18H21N5OS/c1-13-12-14(2)23-16(20-21-18(23)19-13)17(24)22(3)10-7-11-25-15-8-5-4-6-9-15/h4-6,8-9,12H,7,10-11H2,1-3H3. The van der Waals surface area contributed by atoms with E-state index in [1.54, 1.807) is 28.1 Å². The molecule has 0 aliphatic heterocycles. The van der Waals surface area contributed by atoms with Crippen molar-refractivity contribution in [3.8, 4) is 0 Å². The van der Waals surface area contributed by atoms with Crippen molar-refractivity contribution in [2.45, 2.75) is 25.2 Å². The summed E-state index contributed by atoms with van der Waals surface area (Å²) in [4.78, 5) is 20.0. The molecule has 0 fully saturated rings. The molecule has 0 bridgehead atoms. The second kappa shape index (κ2) is 7.65. The molecule has 2 heterocycles. The number of fused-ring (bicyclic) bond motifs is 1. The quantitative estimate of drug-likeness (QED) is 0.502. The van der Waals surface area contributed by atoms with Crippen LogP contribution in [0.5, 0.6) is 0 Å². The first-order chi connectivity index (χ1) is 12.1. The minimum absolute atomic E-state index is 0.133. The highest BCUT2D eigenvalue weighted by atomic mass is 32.2. The predicted molar refractivity (Wildman–Crippen MR) is 99.0 cm³/mol. The van der Waals surface area contributed by atoms with E-state index >= 15 is 0 Å². The van der Waals surface area contributed by atoms with Crippen LogP contribution in [0, 0.1) is 13.8 Å². The number of hydrogen-bond donors (Lipinski definition) is 0. The fourth-order valence-corrected chi connectivity index (χ4v) is 3.51. The van der Waals surface area contributed by atoms with Gasteiger partial charge in [0.1, 0.15) is 0 Å². The minimum Gasteiger partial charge on any atom is -0.339 e. The van der Waals surface area contributed by atoms with Crippen molar-refractivity contribution < 1.29 is 4.79 Å². The highest BCUT2D eigenvalue weighted by Gasteiger charge is 2.20. The Morgan fingerprint density at radius 3 is 2.72 bits per heavy atom. The third-order valence-corrected chi connectivity index (χ3v) is 4.98. The molecule has 0 radical (unpaired) electrons. The number of aryl methyl sites for hydroxylation is 2. The van der Waals surface area contributed by atoms with Gasteiger partial charge in [0.2, 0.25) is 5.82 Å². The van der Waals surface area contributed by atoms with Crippen LogP contribution in [0.4, 0.5) is 0 Å². The van der Waals surface area contributed by atoms with E-state index in [0.29, 0.717) is 18.1 Å². The lowest BCUT2D eigenvalue weighted by molar-refractivity contribution is 0.0782. The molecule has 0 N–H and O–H groups in total. The average molecular weight is 355 g/mol. The van der Waals surface area contributed by atoms with E-state index < -0.39 is 0 Å². The zero-order valence-corrected chi connectivity index (χ0v) is 15.5. The number of nitrogens with zero attached hydrogens (tertiary/aromatic N) is 5. The summed E-state index contributed by atoms with van der Waals surface area (Å²) in [6.07, 6.45) is 0.912. The smallest absolute Gasteiger partial charge is 0.291 e. The number of rotatable bonds is 6. The fraction of sp³-hybridized carbons (Fsp3) is 0.333. The van der Waals surface area contributed by atoms with Gasteiger partial charge in [0.15, 0.2) is 0 Å². The monoisotopic (exact) mass is 355 g/mol. The number of carbonyl (C=O) groups excluding carboxylic acids is 1. The number of benzene rings is 1. The lowest BCUT2D eigenvalue weighted by Gasteiger charge is -2.16. The lowest BCUT2D eigenvalue weighted by atomic mass is 10.3. The largest absolute Gasteiger partial charge is 0.339 e. The SMILES string of the molecule is Cc1cc(C)n2c(C(=O)N(C)CCCSc3ccccc3)nnc2n1. The summed E-state index contributed by atoms with van der Waals surface area (Å²) in [7, 11) is 1.80. The molecule has 0 aliphatic rings. The molecule has 6 nitrogen and oxygen atoms in total. The van der Waals surface area contributed by atoms with Crippen molar-refractivity contribution in [3.05, 3.63) is 53.6 Å². The molecule has 3 aromatic rings. The van der Waals surface area contributed by atoms with Crippen LogP contribution in [0.15, 0.2) is 41.3 Å². The van der Waals surface area contributed by atoms with Crippen molar-refractivity contribution in [1.29, 1.82) is 0 Å². The van der Waals surface area contributed by atoms with Crippen LogP contribution in [0.25, 0.3) is 5.78 Å². The molecule has 130 valence electrons. The Hall–Kier alpha value is -2.41. The summed E-state index contributed by atoms with van der Waals surface area (Å²) >= 11 is 1.80. The molecule has 25 heavy (non-hydrogen) atoms. The topological polar surface area (TPSA) is 63.4 Å². The van der Waals surface area contributed by atoms with Gasteiger partial charge in [0.25, 0.3) is 11.7 Å². The van der Waals surface area contributed by atoms with Crippen molar-refractivity contribution in [1.82, 2.24) is 24.5 Å². The highest BCUT2D eigenvalue weighted by molar-refractivity contribution is 7.99. The van der Waals surface area contributed by atoms with Crippen LogP contribution >= 0.6 is 11.8 Å². The molecule has 1 aromatic carbocycles. The van der Waals surface area contributed by atoms with E-state index in [1.807, 2.05) is 38.1 Å². The number of thioether (sulfide) groups is 1. The van der Waals surface area contributed by atoms with Gasteiger partial charge in [-0.05, 0) is 44.2 Å². The van der Waals surface area contributed by atoms with Crippen LogP contribution in [0.1, 0.15) is 28.4 Å². The Balaban J connectivity index is 1.61. The summed E-state index contributed by atoms with van der Waals surface area (Å²) in [6, 6.07) is 12.2. The van der Waals surface area contributed by atoms with Gasteiger partial charge in [0, 0.05) is 29.9 Å². The maximum Gasteiger partial charge on any atom is 0.291 e. The maximum atomic E-state index is 12.7. The molecule has 0 atom stereocenters. The van der Waals surface area contributed by atoms with E-state index in [4.69, 9.17) is 0 Å². The molecular formula is C18H21N5OS. The molecule has 0 aliphatic carbocycles. The Kier molecular flexibility index (Phi) is 5.33. The normalized spacial score (nSPS) is 11.0. The number of aromatic nitrogens is 4. The lowest BCUT2D eigenvalue weighted by Crippen LogP contribution is -2.30. The van der Waals surface area contributed by atoms with Crippen LogP contribution in [-0.4, -0.2) is 49.7 Å². The second-order valence-corrected chi connectivity index (χ2v) is 7.11. The van der Waals surface area contributed by atoms with Crippen LogP contribution < -0.4 is 0 Å². The Bertz CT molecular complexity index is 878. The van der Waals surface area contributed by atoms with E-state index in [0.717, 1.165) is 23.6 Å². The van der Waals surface area contributed by atoms with Crippen molar-refractivity contribution in [3.63, 3.8) is 0 Å². The second-order valence-electron chi connectivity index (χ2n) is 5.94. The molecular weight excluding hydrogens is 334 g/mol. The maximum absolute atomic E-state index is 12.7. The minimum atomic E-state index is -0.133. The molecule has 1 amide bonds. The first-order valence-electron chi connectivity index (χ1n) is 8.19. The summed E-state index contributed by atoms with van der Waals surface area (Å²) in [5, 5.41) is 8.08. The zero-order valence-electron chi connectivity index (χ0n) is 14.6. The Morgan fingerprint density at radius 1 is 1.20 bits per heavy atom. The molecule has 0 unspecified atom stereocenters. The summed E-state index contributed by atoms with van der Waals surface area (Å²) in [5.41, 5.74) is 1.77. The molecule has 3 rings (SSSR count). The Labute approximate surface area is 151 Å². The first kappa shape index (κ1) is 17.4. The van der Waals surface area contributed by atoms with Crippen molar-refractivity contribution in [2.75, 3.05) is 19.3 Å². The molecule has 7 heteroatoms. The van der Waals surface area contributed by atoms with E-state index in [-0.39, 0.29) is 5.91 Å². The van der Waals surface area contributed by atoms with Gasteiger partial charge in [-0.3, -0.25) is 9.20 Å². The number of amides is 1. The van der Waals surface area contributed by atoms with E-state index in [2.05, 4.69) is 27.3 Å². The van der Waals surface area contributed by atoms with Gasteiger partial charge in [-0.1, -0.05) is 18.2 Å². The summed E-state index contributed by atoms with van der Waals surface area (Å²) in [6.45, 7) is 4.50. The van der Waals surface area contributed by atoms with Crippen LogP contribution in [0.2, 0.25) is 0 Å². The van der Waals surface area contributed by atoms with Crippen LogP contribution in [0.3, 0.4) is 0 Å². The van der Waals surface area contributed by atoms with Crippen LogP contribution in [-0.2, 0) is 0 Å². The molecule has 0 spiro atoms. The van der Waals surface area contributed by atoms with Crippen molar-refractivity contribution in [2.24, 2.45) is 0 Å². The highest BCUT2D eigenvalue weighted by Crippen LogP contribution is 2.18. The van der Waals surface area contributed by atoms with E-state index in [1.165, 1.54) is 4.90 Å². The predicted octanol–water partition coefficient (Wildman–Crippen LogP) is 3.00. The Morgan fingerprint density at radius 2 is 1.96 bits per heavy atom. The summed E-state index contributed by atoms with van der Waals surface area (Å²) < 4.78 is 1.71. The van der Waals surface area contributed by atoms with E-state index in [9.17, 15) is 4.79 Å². The summed E-state index contributed by atoms with van der Waals surface area (Å²) in [5.74, 6) is 1.61. The first-order valence-corrected chi connectivity index (χ1v) is 9.17. The molecule has 0 saturated carbocycles. The number of hydrogen-bond acceptors (Lipinski definition) is 5. The molecule has 2 aromatic heterocycles. The van der Waals surface area contributed by atoms with Crippen molar-refractivity contribution >= 4 is 23.4 Å². The number of carbonyl (C=O) groups is 1. The van der Waals surface area contributed by atoms with Gasteiger partial charge in [-0.25, -0.2) is 4.98 Å². The van der Waals surface area contributed by atoms with Gasteiger partial charge >= 0.3 is 0 Å². The van der Waals surface area contributed by atoms with Gasteiger partial charge in [-0.15, -0.1) is 22.0 Å². The third kappa shape index (κ3) is 3.99. The van der Waals surface area contributed by atoms with Gasteiger partial charge in [-0.2, -0.15) is 0 Å². The van der Waals surface area contributed by atoms with Gasteiger partial charge in [0.05, 0.1) is 0 Å². The molecule has 0 saturated heterocycles. The average Bonchev–Trinajstić information content (AvgIpc) is 3.02. The third-order valence-electron chi connectivity index (χ3n) is 3.88. The zero-order chi connectivity index (χ0) is 17.8. The van der Waals surface area contributed by atoms with Gasteiger partial charge < -0.3 is 4.90 Å².